The van der Waals surface area contributed by atoms with Crippen LogP contribution < -0.4 is 25.0 Å². The number of amides is 1. The smallest absolute Gasteiger partial charge is 0.229 e. The quantitative estimate of drug-likeness (QED) is 0.376. The van der Waals surface area contributed by atoms with Crippen molar-refractivity contribution in [2.24, 2.45) is 0 Å². The Morgan fingerprint density at radius 1 is 1.13 bits per heavy atom. The Kier molecular flexibility index (Phi) is 8.84. The van der Waals surface area contributed by atoms with Crippen LogP contribution in [0.15, 0.2) is 34.0 Å². The minimum absolute atomic E-state index is 0.106. The van der Waals surface area contributed by atoms with E-state index in [9.17, 15) is 24.9 Å². The van der Waals surface area contributed by atoms with Gasteiger partial charge < -0.3 is 39.6 Å². The number of carbonyl (C=O) groups is 1. The maximum Gasteiger partial charge on any atom is 0.229 e. The molecule has 1 saturated heterocycles. The van der Waals surface area contributed by atoms with Crippen LogP contribution in [0.4, 0.5) is 0 Å². The number of aryl methyl sites for hydroxylation is 1. The number of aliphatic hydroxyl groups excluding tert-OH is 3. The van der Waals surface area contributed by atoms with Gasteiger partial charge in [0.1, 0.15) is 18.3 Å². The number of aliphatic hydroxyl groups is 3. The molecule has 0 spiro atoms. The highest BCUT2D eigenvalue weighted by molar-refractivity contribution is 7.98. The number of carbonyl (C=O) groups excluding carboxylic acids is 1. The molecule has 0 unspecified atom stereocenters. The van der Waals surface area contributed by atoms with Gasteiger partial charge in [-0.05, 0) is 54.0 Å². The molecule has 0 radical (unpaired) electrons. The van der Waals surface area contributed by atoms with Crippen LogP contribution in [-0.4, -0.2) is 79.5 Å². The molecular formula is C27H33NO9S. The minimum atomic E-state index is -1.49. The Morgan fingerprint density at radius 3 is 2.53 bits per heavy atom. The highest BCUT2D eigenvalue weighted by atomic mass is 32.2. The first-order chi connectivity index (χ1) is 18.2. The lowest BCUT2D eigenvalue weighted by atomic mass is 9.92. The Morgan fingerprint density at radius 2 is 1.87 bits per heavy atom. The topological polar surface area (TPSA) is 144 Å². The van der Waals surface area contributed by atoms with Gasteiger partial charge in [-0.2, -0.15) is 0 Å². The van der Waals surface area contributed by atoms with Crippen LogP contribution in [0.2, 0.25) is 0 Å². The van der Waals surface area contributed by atoms with Gasteiger partial charge in [0.2, 0.25) is 17.9 Å². The van der Waals surface area contributed by atoms with E-state index in [1.54, 1.807) is 18.2 Å². The van der Waals surface area contributed by atoms with E-state index in [4.69, 9.17) is 18.9 Å². The molecule has 11 heteroatoms. The lowest BCUT2D eigenvalue weighted by molar-refractivity contribution is -0.242. The summed E-state index contributed by atoms with van der Waals surface area (Å²) < 4.78 is 22.9. The average Bonchev–Trinajstić information content (AvgIpc) is 3.14. The zero-order chi connectivity index (χ0) is 27.6. The second-order valence-electron chi connectivity index (χ2n) is 9.30. The predicted octanol–water partition coefficient (Wildman–Crippen LogP) is 1.44. The molecule has 1 heterocycles. The fourth-order valence-electron chi connectivity index (χ4n) is 4.97. The number of ether oxygens (including phenoxy) is 4. The van der Waals surface area contributed by atoms with Crippen LogP contribution in [-0.2, 0) is 16.0 Å². The number of thioether (sulfide) groups is 1. The van der Waals surface area contributed by atoms with Gasteiger partial charge in [0.15, 0.2) is 16.9 Å². The third-order valence-electron chi connectivity index (χ3n) is 6.92. The van der Waals surface area contributed by atoms with Gasteiger partial charge in [-0.25, -0.2) is 0 Å². The molecule has 2 aliphatic rings. The van der Waals surface area contributed by atoms with Gasteiger partial charge >= 0.3 is 0 Å². The average molecular weight is 548 g/mol. The maximum absolute atomic E-state index is 13.0. The summed E-state index contributed by atoms with van der Waals surface area (Å²) in [4.78, 5) is 25.3. The number of benzene rings is 1. The molecule has 1 aliphatic heterocycles. The standard InChI is InChI=1S/C27H33NO9S/c1-13(29)28-11-15-6-5-14-9-20(37-27-24(33)23(32)19(31)12-36-27)25(34-2)26(35-3)22(14)16-7-8-21(38-4)18(30)10-17(15)16/h7-10,15,19,23-24,27,31-33H,5-6,11-12H2,1-4H3,(H,28,29)/t15-,19-,23+,24-,27+/m1/s1. The lowest BCUT2D eigenvalue weighted by Gasteiger charge is -2.35. The summed E-state index contributed by atoms with van der Waals surface area (Å²) in [5, 5.41) is 33.2. The molecule has 4 N–H and O–H groups in total. The largest absolute Gasteiger partial charge is 0.492 e. The van der Waals surface area contributed by atoms with Crippen LogP contribution >= 0.6 is 11.8 Å². The molecule has 0 saturated carbocycles. The Bertz CT molecular complexity index is 1250. The van der Waals surface area contributed by atoms with Crippen LogP contribution in [0.25, 0.3) is 11.1 Å². The number of hydrogen-bond acceptors (Lipinski definition) is 10. The summed E-state index contributed by atoms with van der Waals surface area (Å²) in [7, 11) is 2.96. The van der Waals surface area contributed by atoms with Gasteiger partial charge in [-0.1, -0.05) is 6.07 Å². The molecule has 206 valence electrons. The number of rotatable bonds is 7. The zero-order valence-electron chi connectivity index (χ0n) is 21.7. The first-order valence-electron chi connectivity index (χ1n) is 12.3. The van der Waals surface area contributed by atoms with E-state index < -0.39 is 24.6 Å². The molecule has 38 heavy (non-hydrogen) atoms. The predicted molar refractivity (Wildman–Crippen MR) is 141 cm³/mol. The highest BCUT2D eigenvalue weighted by Crippen LogP contribution is 2.51. The van der Waals surface area contributed by atoms with E-state index in [0.717, 1.165) is 22.3 Å². The molecular weight excluding hydrogens is 514 g/mol. The Hall–Kier alpha value is -2.83. The van der Waals surface area contributed by atoms with E-state index in [1.807, 2.05) is 12.3 Å². The van der Waals surface area contributed by atoms with Crippen molar-refractivity contribution in [3.8, 4) is 28.4 Å². The van der Waals surface area contributed by atoms with E-state index in [0.29, 0.717) is 30.0 Å². The van der Waals surface area contributed by atoms with Crippen LogP contribution in [0, 0.1) is 0 Å². The number of nitrogens with one attached hydrogen (secondary N) is 1. The third kappa shape index (κ3) is 5.48. The fraction of sp³-hybridized carbons (Fsp3) is 0.481. The molecule has 0 aromatic heterocycles. The van der Waals surface area contributed by atoms with Crippen molar-refractivity contribution < 1.29 is 39.1 Å². The number of fused-ring (bicyclic) bond motifs is 3. The number of methoxy groups -OCH3 is 2. The molecule has 10 nitrogen and oxygen atoms in total. The summed E-state index contributed by atoms with van der Waals surface area (Å²) in [6, 6.07) is 7.08. The normalized spacial score (nSPS) is 24.4. The zero-order valence-corrected chi connectivity index (χ0v) is 22.5. The van der Waals surface area contributed by atoms with E-state index >= 15 is 0 Å². The lowest BCUT2D eigenvalue weighted by Crippen LogP contribution is -2.54. The van der Waals surface area contributed by atoms with Crippen molar-refractivity contribution in [3.63, 3.8) is 0 Å². The molecule has 1 fully saturated rings. The first kappa shape index (κ1) is 28.2. The summed E-state index contributed by atoms with van der Waals surface area (Å²) in [6.45, 7) is 1.61. The highest BCUT2D eigenvalue weighted by Gasteiger charge is 2.40. The number of hydrogen-bond donors (Lipinski definition) is 4. The fourth-order valence-corrected chi connectivity index (χ4v) is 5.43. The van der Waals surface area contributed by atoms with Crippen LogP contribution in [0.3, 0.4) is 0 Å². The van der Waals surface area contributed by atoms with Crippen molar-refractivity contribution in [3.05, 3.63) is 45.6 Å². The molecule has 1 amide bonds. The Labute approximate surface area is 224 Å². The van der Waals surface area contributed by atoms with Crippen molar-refractivity contribution in [2.75, 3.05) is 33.6 Å². The van der Waals surface area contributed by atoms with E-state index in [-0.39, 0.29) is 35.4 Å². The maximum atomic E-state index is 13.0. The van der Waals surface area contributed by atoms with Crippen molar-refractivity contribution in [1.29, 1.82) is 0 Å². The molecule has 2 aromatic rings. The SMILES string of the molecule is COc1c(O[C@@H]2OC[C@@H](O)[C@H](O)[C@H]2O)cc2c(c1OC)-c1ccc(SC)c(=O)cc1[C@@H](CNC(C)=O)CC2. The molecule has 5 atom stereocenters. The van der Waals surface area contributed by atoms with E-state index in [2.05, 4.69) is 5.32 Å². The second-order valence-corrected chi connectivity index (χ2v) is 10.1. The summed E-state index contributed by atoms with van der Waals surface area (Å²) in [6.07, 6.45) is -2.38. The van der Waals surface area contributed by atoms with Gasteiger partial charge in [-0.3, -0.25) is 9.59 Å². The van der Waals surface area contributed by atoms with E-state index in [1.165, 1.54) is 32.9 Å². The van der Waals surface area contributed by atoms with Crippen molar-refractivity contribution in [1.82, 2.24) is 5.32 Å². The van der Waals surface area contributed by atoms with Gasteiger partial charge in [0, 0.05) is 24.9 Å². The summed E-state index contributed by atoms with van der Waals surface area (Å²) >= 11 is 1.36. The van der Waals surface area contributed by atoms with Gasteiger partial charge in [0.25, 0.3) is 0 Å². The molecule has 0 bridgehead atoms. The van der Waals surface area contributed by atoms with Crippen LogP contribution in [0.1, 0.15) is 30.4 Å². The van der Waals surface area contributed by atoms with Crippen molar-refractivity contribution in [2.45, 2.75) is 55.2 Å². The second kappa shape index (κ2) is 11.9. The van der Waals surface area contributed by atoms with Crippen LogP contribution in [0.5, 0.6) is 17.2 Å². The molecule has 2 aromatic carbocycles. The molecule has 1 aliphatic carbocycles. The minimum Gasteiger partial charge on any atom is -0.492 e. The Balaban J connectivity index is 1.88. The van der Waals surface area contributed by atoms with Gasteiger partial charge in [0.05, 0.1) is 25.7 Å². The monoisotopic (exact) mass is 547 g/mol. The van der Waals surface area contributed by atoms with Gasteiger partial charge in [-0.15, -0.1) is 11.8 Å². The summed E-state index contributed by atoms with van der Waals surface area (Å²) in [5.41, 5.74) is 3.05. The van der Waals surface area contributed by atoms with Crippen molar-refractivity contribution >= 4 is 17.7 Å². The summed E-state index contributed by atoms with van der Waals surface area (Å²) in [5.74, 6) is 0.544. The molecule has 4 rings (SSSR count). The third-order valence-corrected chi connectivity index (χ3v) is 7.70. The first-order valence-corrected chi connectivity index (χ1v) is 13.5.